The summed E-state index contributed by atoms with van der Waals surface area (Å²) in [5.41, 5.74) is 6.25. The van der Waals surface area contributed by atoms with Crippen molar-refractivity contribution in [3.05, 3.63) is 35.6 Å². The molecule has 0 spiro atoms. The summed E-state index contributed by atoms with van der Waals surface area (Å²) >= 11 is 0. The predicted octanol–water partition coefficient (Wildman–Crippen LogP) is 1.38. The number of hydrogen-bond donors (Lipinski definition) is 2. The number of aliphatic hydroxyl groups excluding tert-OH is 1. The van der Waals surface area contributed by atoms with Crippen molar-refractivity contribution in [2.75, 3.05) is 26.2 Å². The zero-order chi connectivity index (χ0) is 13.5. The third-order valence-electron chi connectivity index (χ3n) is 2.68. The number of nitrogens with zero attached hydrogens (tertiary/aromatic N) is 1. The molecule has 1 unspecified atom stereocenters. The molecular formula is C12H17F3N2O. The normalized spacial score (nSPS) is 13.3. The van der Waals surface area contributed by atoms with E-state index in [1.807, 2.05) is 0 Å². The number of rotatable bonds is 7. The van der Waals surface area contributed by atoms with Crippen LogP contribution in [0.2, 0.25) is 0 Å². The van der Waals surface area contributed by atoms with Crippen molar-refractivity contribution >= 4 is 0 Å². The predicted molar refractivity (Wildman–Crippen MR) is 62.9 cm³/mol. The molecule has 0 radical (unpaired) electrons. The number of benzene rings is 1. The molecule has 0 bridgehead atoms. The van der Waals surface area contributed by atoms with Gasteiger partial charge in [0.1, 0.15) is 5.82 Å². The van der Waals surface area contributed by atoms with E-state index in [1.54, 1.807) is 0 Å². The van der Waals surface area contributed by atoms with Gasteiger partial charge in [0.05, 0.1) is 13.2 Å². The molecule has 0 aliphatic carbocycles. The van der Waals surface area contributed by atoms with Crippen LogP contribution in [0.5, 0.6) is 0 Å². The van der Waals surface area contributed by atoms with Crippen LogP contribution in [-0.2, 0) is 0 Å². The van der Waals surface area contributed by atoms with Gasteiger partial charge < -0.3 is 10.8 Å². The Bertz CT molecular complexity index is 346. The summed E-state index contributed by atoms with van der Waals surface area (Å²) in [4.78, 5) is 1.40. The third kappa shape index (κ3) is 4.29. The first-order valence-electron chi connectivity index (χ1n) is 5.67. The fraction of sp³-hybridized carbons (Fsp3) is 0.500. The standard InChI is InChI=1S/C12H17F3N2O/c13-10-3-1-9(2-4-10)11(7-16)17(5-6-18)8-12(14)15/h1-4,11-12,18H,5-8,16H2. The van der Waals surface area contributed by atoms with Gasteiger partial charge in [-0.2, -0.15) is 0 Å². The van der Waals surface area contributed by atoms with Gasteiger partial charge in [-0.25, -0.2) is 13.2 Å². The van der Waals surface area contributed by atoms with Crippen molar-refractivity contribution in [3.63, 3.8) is 0 Å². The van der Waals surface area contributed by atoms with E-state index in [2.05, 4.69) is 0 Å². The van der Waals surface area contributed by atoms with Crippen molar-refractivity contribution in [1.82, 2.24) is 4.90 Å². The van der Waals surface area contributed by atoms with Gasteiger partial charge in [0.2, 0.25) is 0 Å². The molecule has 0 aromatic heterocycles. The first-order chi connectivity index (χ1) is 8.58. The van der Waals surface area contributed by atoms with Gasteiger partial charge in [0.25, 0.3) is 6.43 Å². The Kier molecular flexibility index (Phi) is 6.11. The fourth-order valence-electron chi connectivity index (χ4n) is 1.86. The maximum Gasteiger partial charge on any atom is 0.251 e. The molecule has 0 heterocycles. The van der Waals surface area contributed by atoms with Crippen LogP contribution in [0.3, 0.4) is 0 Å². The lowest BCUT2D eigenvalue weighted by molar-refractivity contribution is 0.0562. The number of nitrogens with two attached hydrogens (primary N) is 1. The van der Waals surface area contributed by atoms with Crippen molar-refractivity contribution in [2.45, 2.75) is 12.5 Å². The summed E-state index contributed by atoms with van der Waals surface area (Å²) in [5.74, 6) is -0.392. The Labute approximate surface area is 104 Å². The van der Waals surface area contributed by atoms with Crippen molar-refractivity contribution in [2.24, 2.45) is 5.73 Å². The average molecular weight is 262 g/mol. The van der Waals surface area contributed by atoms with E-state index in [9.17, 15) is 13.2 Å². The molecule has 0 saturated heterocycles. The highest BCUT2D eigenvalue weighted by Crippen LogP contribution is 2.20. The number of alkyl halides is 2. The Hall–Kier alpha value is -1.11. The molecule has 18 heavy (non-hydrogen) atoms. The van der Waals surface area contributed by atoms with Crippen molar-refractivity contribution < 1.29 is 18.3 Å². The Morgan fingerprint density at radius 1 is 1.22 bits per heavy atom. The molecule has 3 N–H and O–H groups in total. The van der Waals surface area contributed by atoms with Crippen LogP contribution < -0.4 is 5.73 Å². The summed E-state index contributed by atoms with van der Waals surface area (Å²) < 4.78 is 37.7. The average Bonchev–Trinajstić information content (AvgIpc) is 2.32. The first-order valence-corrected chi connectivity index (χ1v) is 5.67. The second-order valence-electron chi connectivity index (χ2n) is 3.91. The van der Waals surface area contributed by atoms with E-state index < -0.39 is 24.8 Å². The van der Waals surface area contributed by atoms with E-state index in [-0.39, 0.29) is 19.7 Å². The maximum absolute atomic E-state index is 12.8. The Balaban J connectivity index is 2.86. The molecule has 1 rings (SSSR count). The van der Waals surface area contributed by atoms with Gasteiger partial charge >= 0.3 is 0 Å². The quantitative estimate of drug-likeness (QED) is 0.780. The van der Waals surface area contributed by atoms with Crippen LogP contribution in [-0.4, -0.2) is 42.7 Å². The Morgan fingerprint density at radius 3 is 2.28 bits per heavy atom. The van der Waals surface area contributed by atoms with Crippen LogP contribution in [0.15, 0.2) is 24.3 Å². The fourth-order valence-corrected chi connectivity index (χ4v) is 1.86. The number of hydrogen-bond acceptors (Lipinski definition) is 3. The molecular weight excluding hydrogens is 245 g/mol. The SMILES string of the molecule is NCC(c1ccc(F)cc1)N(CCO)CC(F)F. The molecule has 0 aliphatic rings. The van der Waals surface area contributed by atoms with Crippen molar-refractivity contribution in [3.8, 4) is 0 Å². The minimum atomic E-state index is -2.51. The van der Waals surface area contributed by atoms with Gasteiger partial charge in [-0.1, -0.05) is 12.1 Å². The highest BCUT2D eigenvalue weighted by Gasteiger charge is 2.21. The van der Waals surface area contributed by atoms with Crippen LogP contribution in [0, 0.1) is 5.82 Å². The van der Waals surface area contributed by atoms with Gasteiger partial charge in [-0.3, -0.25) is 4.90 Å². The Morgan fingerprint density at radius 2 is 1.83 bits per heavy atom. The van der Waals surface area contributed by atoms with Gasteiger partial charge in [-0.15, -0.1) is 0 Å². The summed E-state index contributed by atoms with van der Waals surface area (Å²) in [7, 11) is 0. The molecule has 1 atom stereocenters. The summed E-state index contributed by atoms with van der Waals surface area (Å²) in [5, 5.41) is 8.90. The highest BCUT2D eigenvalue weighted by molar-refractivity contribution is 5.20. The summed E-state index contributed by atoms with van der Waals surface area (Å²) in [6.07, 6.45) is -2.51. The van der Waals surface area contributed by atoms with Gasteiger partial charge in [-0.05, 0) is 17.7 Å². The topological polar surface area (TPSA) is 49.5 Å². The minimum absolute atomic E-state index is 0.101. The molecule has 0 amide bonds. The number of halogens is 3. The summed E-state index contributed by atoms with van der Waals surface area (Å²) in [6.45, 7) is -0.480. The monoisotopic (exact) mass is 262 g/mol. The first kappa shape index (κ1) is 14.9. The van der Waals surface area contributed by atoms with Crippen molar-refractivity contribution in [1.29, 1.82) is 0 Å². The lowest BCUT2D eigenvalue weighted by Gasteiger charge is -2.30. The molecule has 102 valence electrons. The van der Waals surface area contributed by atoms with E-state index in [0.717, 1.165) is 0 Å². The van der Waals surface area contributed by atoms with E-state index in [1.165, 1.54) is 29.2 Å². The largest absolute Gasteiger partial charge is 0.395 e. The zero-order valence-corrected chi connectivity index (χ0v) is 9.90. The molecule has 3 nitrogen and oxygen atoms in total. The van der Waals surface area contributed by atoms with E-state index in [4.69, 9.17) is 10.8 Å². The second kappa shape index (κ2) is 7.35. The summed E-state index contributed by atoms with van der Waals surface area (Å²) in [6, 6.07) is 5.10. The smallest absolute Gasteiger partial charge is 0.251 e. The van der Waals surface area contributed by atoms with Crippen LogP contribution in [0.25, 0.3) is 0 Å². The van der Waals surface area contributed by atoms with E-state index >= 15 is 0 Å². The zero-order valence-electron chi connectivity index (χ0n) is 9.90. The second-order valence-corrected chi connectivity index (χ2v) is 3.91. The molecule has 0 fully saturated rings. The minimum Gasteiger partial charge on any atom is -0.395 e. The van der Waals surface area contributed by atoms with Crippen LogP contribution >= 0.6 is 0 Å². The van der Waals surface area contributed by atoms with Crippen LogP contribution in [0.4, 0.5) is 13.2 Å². The van der Waals surface area contributed by atoms with Crippen LogP contribution in [0.1, 0.15) is 11.6 Å². The van der Waals surface area contributed by atoms with Gasteiger partial charge in [0.15, 0.2) is 0 Å². The number of aliphatic hydroxyl groups is 1. The lowest BCUT2D eigenvalue weighted by Crippen LogP contribution is -2.38. The molecule has 0 aliphatic heterocycles. The highest BCUT2D eigenvalue weighted by atomic mass is 19.3. The lowest BCUT2D eigenvalue weighted by atomic mass is 10.1. The molecule has 1 aromatic rings. The molecule has 0 saturated carbocycles. The maximum atomic E-state index is 12.8. The third-order valence-corrected chi connectivity index (χ3v) is 2.68. The molecule has 6 heteroatoms. The van der Waals surface area contributed by atoms with Gasteiger partial charge in [0, 0.05) is 19.1 Å². The molecule has 1 aromatic carbocycles. The van der Waals surface area contributed by atoms with E-state index in [0.29, 0.717) is 5.56 Å².